The van der Waals surface area contributed by atoms with Gasteiger partial charge in [0.05, 0.1) is 30.4 Å². The van der Waals surface area contributed by atoms with Gasteiger partial charge in [0, 0.05) is 19.2 Å². The Morgan fingerprint density at radius 3 is 2.54 bits per heavy atom. The molecule has 2 aromatic rings. The van der Waals surface area contributed by atoms with Crippen LogP contribution in [0.2, 0.25) is 0 Å². The van der Waals surface area contributed by atoms with Gasteiger partial charge in [0.2, 0.25) is 0 Å². The Labute approximate surface area is 157 Å². The van der Waals surface area contributed by atoms with Crippen LogP contribution in [0.5, 0.6) is 0 Å². The summed E-state index contributed by atoms with van der Waals surface area (Å²) in [5.74, 6) is 0. The van der Waals surface area contributed by atoms with Gasteiger partial charge in [-0.05, 0) is 56.5 Å². The Kier molecular flexibility index (Phi) is 7.10. The van der Waals surface area contributed by atoms with Crippen molar-refractivity contribution in [3.8, 4) is 0 Å². The monoisotopic (exact) mass is 351 g/mol. The molecule has 0 aliphatic heterocycles. The number of nitrogens with zero attached hydrogens (tertiary/aromatic N) is 2. The van der Waals surface area contributed by atoms with Crippen molar-refractivity contribution in [3.05, 3.63) is 64.7 Å². The number of nitrogens with one attached hydrogen (secondary N) is 1. The van der Waals surface area contributed by atoms with Crippen LogP contribution in [0.1, 0.15) is 42.2 Å². The highest BCUT2D eigenvalue weighted by atomic mass is 16.5. The van der Waals surface area contributed by atoms with Gasteiger partial charge < -0.3 is 15.0 Å². The van der Waals surface area contributed by atoms with Crippen molar-refractivity contribution in [2.24, 2.45) is 4.99 Å². The Morgan fingerprint density at radius 1 is 1.19 bits per heavy atom. The summed E-state index contributed by atoms with van der Waals surface area (Å²) in [4.78, 5) is 6.58. The standard InChI is InChI=1S/C22H29N3O/c1-6-25(5)15-24-22-13-16(2)20(12-17(22)3)21(23)14-26-18(4)19-10-8-7-9-11-19/h7-13,15,18,23H,6,14H2,1-5H3. The van der Waals surface area contributed by atoms with Crippen molar-refractivity contribution < 1.29 is 4.74 Å². The van der Waals surface area contributed by atoms with Gasteiger partial charge in [0.15, 0.2) is 0 Å². The summed E-state index contributed by atoms with van der Waals surface area (Å²) in [5, 5.41) is 8.42. The van der Waals surface area contributed by atoms with E-state index in [2.05, 4.69) is 11.9 Å². The van der Waals surface area contributed by atoms with Gasteiger partial charge in [-0.25, -0.2) is 4.99 Å². The van der Waals surface area contributed by atoms with Gasteiger partial charge in [-0.2, -0.15) is 0 Å². The van der Waals surface area contributed by atoms with Crippen LogP contribution in [0.25, 0.3) is 0 Å². The molecule has 26 heavy (non-hydrogen) atoms. The molecule has 0 saturated heterocycles. The lowest BCUT2D eigenvalue weighted by Crippen LogP contribution is -2.14. The molecular weight excluding hydrogens is 322 g/mol. The van der Waals surface area contributed by atoms with E-state index in [-0.39, 0.29) is 12.7 Å². The molecule has 0 radical (unpaired) electrons. The summed E-state index contributed by atoms with van der Waals surface area (Å²) in [6.45, 7) is 9.36. The lowest BCUT2D eigenvalue weighted by molar-refractivity contribution is 0.0964. The molecular formula is C22H29N3O. The SMILES string of the molecule is CCN(C)C=Nc1cc(C)c(C(=N)COC(C)c2ccccc2)cc1C. The third-order valence-electron chi connectivity index (χ3n) is 4.51. The van der Waals surface area contributed by atoms with Crippen LogP contribution in [0.3, 0.4) is 0 Å². The molecule has 4 heteroatoms. The molecule has 0 heterocycles. The Hall–Kier alpha value is -2.46. The molecule has 1 unspecified atom stereocenters. The Bertz CT molecular complexity index is 768. The van der Waals surface area contributed by atoms with Crippen molar-refractivity contribution in [2.75, 3.05) is 20.2 Å². The quantitative estimate of drug-likeness (QED) is 0.534. The summed E-state index contributed by atoms with van der Waals surface area (Å²) in [5.41, 5.74) is 5.59. The van der Waals surface area contributed by atoms with Gasteiger partial charge in [-0.15, -0.1) is 0 Å². The molecule has 4 nitrogen and oxygen atoms in total. The summed E-state index contributed by atoms with van der Waals surface area (Å²) in [6.07, 6.45) is 1.81. The summed E-state index contributed by atoms with van der Waals surface area (Å²) in [7, 11) is 2.00. The van der Waals surface area contributed by atoms with E-state index in [9.17, 15) is 0 Å². The number of aryl methyl sites for hydroxylation is 2. The normalized spacial score (nSPS) is 12.3. The maximum absolute atomic E-state index is 8.42. The van der Waals surface area contributed by atoms with E-state index < -0.39 is 0 Å². The third-order valence-corrected chi connectivity index (χ3v) is 4.51. The van der Waals surface area contributed by atoms with Crippen molar-refractivity contribution >= 4 is 17.7 Å². The van der Waals surface area contributed by atoms with Crippen LogP contribution >= 0.6 is 0 Å². The van der Waals surface area contributed by atoms with Crippen LogP contribution in [0, 0.1) is 19.3 Å². The van der Waals surface area contributed by atoms with E-state index in [1.54, 1.807) is 0 Å². The topological polar surface area (TPSA) is 48.7 Å². The van der Waals surface area contributed by atoms with E-state index in [4.69, 9.17) is 10.1 Å². The first-order chi connectivity index (χ1) is 12.4. The fraction of sp³-hybridized carbons (Fsp3) is 0.364. The van der Waals surface area contributed by atoms with Crippen molar-refractivity contribution in [3.63, 3.8) is 0 Å². The molecule has 0 spiro atoms. The average Bonchev–Trinajstić information content (AvgIpc) is 2.66. The molecule has 138 valence electrons. The highest BCUT2D eigenvalue weighted by Crippen LogP contribution is 2.24. The zero-order chi connectivity index (χ0) is 19.1. The highest BCUT2D eigenvalue weighted by molar-refractivity contribution is 6.01. The largest absolute Gasteiger partial charge is 0.368 e. The molecule has 0 aliphatic rings. The number of rotatable bonds is 8. The van der Waals surface area contributed by atoms with Crippen molar-refractivity contribution in [2.45, 2.75) is 33.8 Å². The first-order valence-electron chi connectivity index (χ1n) is 9.02. The molecule has 2 aromatic carbocycles. The Balaban J connectivity index is 2.07. The minimum atomic E-state index is -0.0357. The molecule has 0 aromatic heterocycles. The first kappa shape index (κ1) is 19.9. The van der Waals surface area contributed by atoms with Gasteiger partial charge in [0.1, 0.15) is 0 Å². The minimum Gasteiger partial charge on any atom is -0.368 e. The van der Waals surface area contributed by atoms with Crippen LogP contribution < -0.4 is 0 Å². The molecule has 1 N–H and O–H groups in total. The number of benzene rings is 2. The summed E-state index contributed by atoms with van der Waals surface area (Å²) >= 11 is 0. The molecule has 0 bridgehead atoms. The van der Waals surface area contributed by atoms with E-state index in [1.807, 2.05) is 81.5 Å². The second kappa shape index (κ2) is 9.30. The Morgan fingerprint density at radius 2 is 1.88 bits per heavy atom. The second-order valence-electron chi connectivity index (χ2n) is 6.61. The fourth-order valence-electron chi connectivity index (χ4n) is 2.61. The number of hydrogen-bond acceptors (Lipinski definition) is 3. The predicted octanol–water partition coefficient (Wildman–Crippen LogP) is 5.06. The summed E-state index contributed by atoms with van der Waals surface area (Å²) < 4.78 is 5.90. The van der Waals surface area contributed by atoms with Gasteiger partial charge >= 0.3 is 0 Å². The van der Waals surface area contributed by atoms with Crippen LogP contribution in [-0.2, 0) is 4.74 Å². The van der Waals surface area contributed by atoms with Crippen molar-refractivity contribution in [1.29, 1.82) is 5.41 Å². The number of hydrogen-bond donors (Lipinski definition) is 1. The molecule has 0 fully saturated rings. The van der Waals surface area contributed by atoms with Gasteiger partial charge in [-0.1, -0.05) is 30.3 Å². The minimum absolute atomic E-state index is 0.0357. The third kappa shape index (κ3) is 5.27. The first-order valence-corrected chi connectivity index (χ1v) is 9.02. The lowest BCUT2D eigenvalue weighted by atomic mass is 10.00. The van der Waals surface area contributed by atoms with Crippen molar-refractivity contribution in [1.82, 2.24) is 4.90 Å². The highest BCUT2D eigenvalue weighted by Gasteiger charge is 2.11. The lowest BCUT2D eigenvalue weighted by Gasteiger charge is -2.16. The maximum Gasteiger partial charge on any atom is 0.0909 e. The average molecular weight is 351 g/mol. The molecule has 0 amide bonds. The van der Waals surface area contributed by atoms with E-state index >= 15 is 0 Å². The smallest absolute Gasteiger partial charge is 0.0909 e. The summed E-state index contributed by atoms with van der Waals surface area (Å²) in [6, 6.07) is 14.2. The zero-order valence-corrected chi connectivity index (χ0v) is 16.4. The van der Waals surface area contributed by atoms with Crippen LogP contribution in [-0.4, -0.2) is 37.1 Å². The van der Waals surface area contributed by atoms with E-state index in [1.165, 1.54) is 0 Å². The van der Waals surface area contributed by atoms with Gasteiger partial charge in [-0.3, -0.25) is 0 Å². The maximum atomic E-state index is 8.42. The van der Waals surface area contributed by atoms with Gasteiger partial charge in [0.25, 0.3) is 0 Å². The zero-order valence-electron chi connectivity index (χ0n) is 16.4. The van der Waals surface area contributed by atoms with E-state index in [0.717, 1.165) is 34.5 Å². The van der Waals surface area contributed by atoms with Crippen LogP contribution in [0.15, 0.2) is 47.5 Å². The van der Waals surface area contributed by atoms with Crippen LogP contribution in [0.4, 0.5) is 5.69 Å². The number of ether oxygens (including phenoxy) is 1. The molecule has 0 saturated carbocycles. The predicted molar refractivity (Wildman–Crippen MR) is 110 cm³/mol. The fourth-order valence-corrected chi connectivity index (χ4v) is 2.61. The molecule has 2 rings (SSSR count). The number of aliphatic imine (C=N–C) groups is 1. The molecule has 1 atom stereocenters. The van der Waals surface area contributed by atoms with E-state index in [0.29, 0.717) is 5.71 Å². The molecule has 0 aliphatic carbocycles. The second-order valence-corrected chi connectivity index (χ2v) is 6.61.